The molecule has 7 heteroatoms. The molecule has 1 atom stereocenters. The molecule has 22 heavy (non-hydrogen) atoms. The van der Waals surface area contributed by atoms with Crippen LogP contribution in [0.1, 0.15) is 35.6 Å². The summed E-state index contributed by atoms with van der Waals surface area (Å²) < 4.78 is 0.830. The van der Waals surface area contributed by atoms with Gasteiger partial charge in [0.2, 0.25) is 5.91 Å². The summed E-state index contributed by atoms with van der Waals surface area (Å²) in [5.74, 6) is 0.490. The Bertz CT molecular complexity index is 623. The van der Waals surface area contributed by atoms with E-state index in [0.29, 0.717) is 12.2 Å². The van der Waals surface area contributed by atoms with Crippen LogP contribution >= 0.6 is 34.4 Å². The van der Waals surface area contributed by atoms with E-state index in [1.54, 1.807) is 0 Å². The van der Waals surface area contributed by atoms with Crippen LogP contribution in [0.5, 0.6) is 0 Å². The largest absolute Gasteiger partial charge is 0.353 e. The lowest BCUT2D eigenvalue weighted by atomic mass is 10.2. The van der Waals surface area contributed by atoms with E-state index in [0.717, 1.165) is 21.3 Å². The van der Waals surface area contributed by atoms with Gasteiger partial charge in [-0.1, -0.05) is 24.8 Å². The van der Waals surface area contributed by atoms with Crippen molar-refractivity contribution in [3.63, 3.8) is 0 Å². The highest BCUT2D eigenvalue weighted by Gasteiger charge is 2.12. The van der Waals surface area contributed by atoms with Crippen LogP contribution in [0.4, 0.5) is 0 Å². The molecule has 2 aromatic heterocycles. The maximum Gasteiger partial charge on any atom is 0.226 e. The zero-order chi connectivity index (χ0) is 15.9. The summed E-state index contributed by atoms with van der Waals surface area (Å²) in [7, 11) is 0. The maximum absolute atomic E-state index is 11.9. The number of hydrogen-bond acceptors (Lipinski definition) is 6. The first-order valence-electron chi connectivity index (χ1n) is 7.01. The highest BCUT2D eigenvalue weighted by atomic mass is 32.2. The molecular formula is C15H18N2O2S3. The van der Waals surface area contributed by atoms with Crippen molar-refractivity contribution in [2.45, 2.75) is 37.1 Å². The molecule has 0 radical (unpaired) electrons. The fraction of sp³-hybridized carbons (Fsp3) is 0.400. The second kappa shape index (κ2) is 8.45. The summed E-state index contributed by atoms with van der Waals surface area (Å²) in [4.78, 5) is 28.9. The van der Waals surface area contributed by atoms with Gasteiger partial charge in [0, 0.05) is 11.4 Å². The molecule has 2 aromatic rings. The van der Waals surface area contributed by atoms with Gasteiger partial charge in [-0.05, 0) is 24.8 Å². The predicted molar refractivity (Wildman–Crippen MR) is 93.1 cm³/mol. The number of hydrogen-bond donors (Lipinski definition) is 1. The molecule has 0 spiro atoms. The number of thiophene rings is 1. The molecule has 0 bridgehead atoms. The van der Waals surface area contributed by atoms with Gasteiger partial charge in [-0.3, -0.25) is 9.59 Å². The van der Waals surface area contributed by atoms with E-state index in [1.807, 2.05) is 36.7 Å². The van der Waals surface area contributed by atoms with Gasteiger partial charge >= 0.3 is 0 Å². The van der Waals surface area contributed by atoms with Crippen molar-refractivity contribution >= 4 is 46.1 Å². The Labute approximate surface area is 142 Å². The molecule has 0 unspecified atom stereocenters. The van der Waals surface area contributed by atoms with E-state index in [-0.39, 0.29) is 17.7 Å². The molecule has 0 aromatic carbocycles. The highest BCUT2D eigenvalue weighted by molar-refractivity contribution is 8.01. The predicted octanol–water partition coefficient (Wildman–Crippen LogP) is 3.64. The van der Waals surface area contributed by atoms with Gasteiger partial charge in [-0.2, -0.15) is 0 Å². The molecule has 0 aliphatic rings. The molecule has 0 fully saturated rings. The number of carbonyl (C=O) groups excluding carboxylic acids is 2. The van der Waals surface area contributed by atoms with Gasteiger partial charge in [0.1, 0.15) is 0 Å². The number of aromatic nitrogens is 1. The van der Waals surface area contributed by atoms with E-state index in [9.17, 15) is 9.59 Å². The number of nitrogens with zero attached hydrogens (tertiary/aromatic N) is 1. The van der Waals surface area contributed by atoms with Gasteiger partial charge in [0.05, 0.1) is 22.7 Å². The summed E-state index contributed by atoms with van der Waals surface area (Å²) in [5, 5.41) is 6.70. The first-order valence-corrected chi connectivity index (χ1v) is 9.76. The van der Waals surface area contributed by atoms with Crippen LogP contribution in [-0.2, 0) is 11.2 Å². The molecule has 0 aliphatic heterocycles. The van der Waals surface area contributed by atoms with Crippen LogP contribution in [0.15, 0.2) is 27.2 Å². The SMILES string of the molecule is CC[C@H](C)NC(=O)Cc1csc(SCC(=O)c2cccs2)n1. The molecule has 118 valence electrons. The number of ketones is 1. The summed E-state index contributed by atoms with van der Waals surface area (Å²) >= 11 is 4.36. The Morgan fingerprint density at radius 1 is 1.41 bits per heavy atom. The number of Topliss-reactive ketones (excluding diaryl/α,β-unsaturated/α-hetero) is 1. The van der Waals surface area contributed by atoms with Crippen LogP contribution in [0, 0.1) is 0 Å². The van der Waals surface area contributed by atoms with E-state index >= 15 is 0 Å². The fourth-order valence-electron chi connectivity index (χ4n) is 1.66. The van der Waals surface area contributed by atoms with E-state index < -0.39 is 0 Å². The Morgan fingerprint density at radius 2 is 2.23 bits per heavy atom. The monoisotopic (exact) mass is 354 g/mol. The van der Waals surface area contributed by atoms with Crippen LogP contribution in [0.3, 0.4) is 0 Å². The number of rotatable bonds is 8. The van der Waals surface area contributed by atoms with Crippen LogP contribution in [0.2, 0.25) is 0 Å². The summed E-state index contributed by atoms with van der Waals surface area (Å²) in [6, 6.07) is 3.89. The van der Waals surface area contributed by atoms with Crippen molar-refractivity contribution in [3.8, 4) is 0 Å². The maximum atomic E-state index is 11.9. The molecule has 2 rings (SSSR count). The lowest BCUT2D eigenvalue weighted by Crippen LogP contribution is -2.33. The summed E-state index contributed by atoms with van der Waals surface area (Å²) in [6.07, 6.45) is 1.20. The van der Waals surface area contributed by atoms with Crippen molar-refractivity contribution in [3.05, 3.63) is 33.5 Å². The Kier molecular flexibility index (Phi) is 6.60. The van der Waals surface area contributed by atoms with Crippen LogP contribution in [-0.4, -0.2) is 28.5 Å². The van der Waals surface area contributed by atoms with Gasteiger partial charge in [0.25, 0.3) is 0 Å². The molecule has 0 saturated carbocycles. The Hall–Kier alpha value is -1.18. The number of thioether (sulfide) groups is 1. The standard InChI is InChI=1S/C15H18N2O2S3/c1-3-10(2)16-14(19)7-11-8-21-15(17-11)22-9-12(18)13-5-4-6-20-13/h4-6,8,10H,3,7,9H2,1-2H3,(H,16,19)/t10-/m0/s1. The quantitative estimate of drug-likeness (QED) is 0.581. The molecule has 4 nitrogen and oxygen atoms in total. The number of amides is 1. The van der Waals surface area contributed by atoms with Crippen molar-refractivity contribution in [2.24, 2.45) is 0 Å². The van der Waals surface area contributed by atoms with Gasteiger partial charge in [-0.15, -0.1) is 22.7 Å². The third-order valence-corrected chi connectivity index (χ3v) is 6.00. The number of thiazole rings is 1. The molecule has 2 heterocycles. The van der Waals surface area contributed by atoms with E-state index in [4.69, 9.17) is 0 Å². The minimum Gasteiger partial charge on any atom is -0.353 e. The zero-order valence-electron chi connectivity index (χ0n) is 12.5. The molecule has 1 amide bonds. The van der Waals surface area contributed by atoms with Gasteiger partial charge in [0.15, 0.2) is 10.1 Å². The highest BCUT2D eigenvalue weighted by Crippen LogP contribution is 2.24. The lowest BCUT2D eigenvalue weighted by molar-refractivity contribution is -0.121. The first kappa shape index (κ1) is 17.2. The summed E-state index contributed by atoms with van der Waals surface area (Å²) in [5.41, 5.74) is 0.761. The van der Waals surface area contributed by atoms with Gasteiger partial charge in [-0.25, -0.2) is 4.98 Å². The number of carbonyl (C=O) groups is 2. The molecular weight excluding hydrogens is 336 g/mol. The Balaban J connectivity index is 1.81. The lowest BCUT2D eigenvalue weighted by Gasteiger charge is -2.10. The fourth-order valence-corrected chi connectivity index (χ4v) is 4.15. The van der Waals surface area contributed by atoms with E-state index in [1.165, 1.54) is 34.4 Å². The smallest absolute Gasteiger partial charge is 0.226 e. The summed E-state index contributed by atoms with van der Waals surface area (Å²) in [6.45, 7) is 4.02. The number of nitrogens with one attached hydrogen (secondary N) is 1. The second-order valence-corrected chi connectivity index (χ2v) is 7.88. The topological polar surface area (TPSA) is 59.1 Å². The zero-order valence-corrected chi connectivity index (χ0v) is 14.9. The van der Waals surface area contributed by atoms with Crippen molar-refractivity contribution in [1.82, 2.24) is 10.3 Å². The van der Waals surface area contributed by atoms with Crippen LogP contribution < -0.4 is 5.32 Å². The second-order valence-electron chi connectivity index (χ2n) is 4.85. The Morgan fingerprint density at radius 3 is 2.91 bits per heavy atom. The van der Waals surface area contributed by atoms with Crippen molar-refractivity contribution in [2.75, 3.05) is 5.75 Å². The molecule has 0 aliphatic carbocycles. The van der Waals surface area contributed by atoms with Crippen LogP contribution in [0.25, 0.3) is 0 Å². The minimum absolute atomic E-state index is 0.00846. The van der Waals surface area contributed by atoms with Crippen molar-refractivity contribution < 1.29 is 9.59 Å². The minimum atomic E-state index is -0.00846. The van der Waals surface area contributed by atoms with Gasteiger partial charge < -0.3 is 5.32 Å². The normalized spacial score (nSPS) is 12.1. The first-order chi connectivity index (χ1) is 10.6. The average molecular weight is 355 g/mol. The molecule has 1 N–H and O–H groups in total. The average Bonchev–Trinajstić information content (AvgIpc) is 3.16. The van der Waals surface area contributed by atoms with Crippen molar-refractivity contribution in [1.29, 1.82) is 0 Å². The third-order valence-electron chi connectivity index (χ3n) is 3.01. The van der Waals surface area contributed by atoms with E-state index in [2.05, 4.69) is 10.3 Å². The molecule has 0 saturated heterocycles. The third kappa shape index (κ3) is 5.23.